The first kappa shape index (κ1) is 14.2. The summed E-state index contributed by atoms with van der Waals surface area (Å²) >= 11 is 0. The average molecular weight is 278 g/mol. The molecule has 1 heterocycles. The highest BCUT2D eigenvalue weighted by Crippen LogP contribution is 2.29. The predicted molar refractivity (Wildman–Crippen MR) is 74.3 cm³/mol. The molecule has 0 spiro atoms. The molecule has 0 amide bonds. The van der Waals surface area contributed by atoms with E-state index in [0.717, 1.165) is 5.56 Å². The predicted octanol–water partition coefficient (Wildman–Crippen LogP) is 3.95. The zero-order chi connectivity index (χ0) is 14.5. The zero-order valence-corrected chi connectivity index (χ0v) is 11.4. The monoisotopic (exact) mass is 278 g/mol. The second kappa shape index (κ2) is 6.32. The van der Waals surface area contributed by atoms with Crippen LogP contribution in [0.25, 0.3) is 0 Å². The SMILES string of the molecule is CNc1cccc(C(F)F)c1COc1cc(C)ccn1. The molecule has 2 rings (SSSR count). The lowest BCUT2D eigenvalue weighted by Gasteiger charge is -2.14. The maximum Gasteiger partial charge on any atom is 0.264 e. The van der Waals surface area contributed by atoms with Gasteiger partial charge >= 0.3 is 0 Å². The summed E-state index contributed by atoms with van der Waals surface area (Å²) in [5, 5.41) is 2.90. The maximum absolute atomic E-state index is 13.0. The van der Waals surface area contributed by atoms with E-state index in [1.54, 1.807) is 31.4 Å². The topological polar surface area (TPSA) is 34.1 Å². The van der Waals surface area contributed by atoms with Crippen molar-refractivity contribution in [3.8, 4) is 5.88 Å². The third-order valence-electron chi connectivity index (χ3n) is 2.97. The van der Waals surface area contributed by atoms with E-state index in [-0.39, 0.29) is 12.2 Å². The highest BCUT2D eigenvalue weighted by Gasteiger charge is 2.16. The molecule has 0 atom stereocenters. The van der Waals surface area contributed by atoms with Gasteiger partial charge in [0.05, 0.1) is 0 Å². The molecule has 1 N–H and O–H groups in total. The molecular weight excluding hydrogens is 262 g/mol. The second-order valence-corrected chi connectivity index (χ2v) is 4.38. The number of aryl methyl sites for hydroxylation is 1. The first-order chi connectivity index (χ1) is 9.61. The number of ether oxygens (including phenoxy) is 1. The molecule has 0 aliphatic rings. The normalized spacial score (nSPS) is 10.7. The van der Waals surface area contributed by atoms with Crippen molar-refractivity contribution in [3.63, 3.8) is 0 Å². The highest BCUT2D eigenvalue weighted by molar-refractivity contribution is 5.54. The molecule has 0 saturated carbocycles. The summed E-state index contributed by atoms with van der Waals surface area (Å²) in [6.07, 6.45) is -0.907. The molecule has 2 aromatic rings. The number of benzene rings is 1. The Morgan fingerprint density at radius 1 is 1.30 bits per heavy atom. The molecule has 1 aromatic carbocycles. The molecule has 0 bridgehead atoms. The van der Waals surface area contributed by atoms with E-state index >= 15 is 0 Å². The van der Waals surface area contributed by atoms with Crippen LogP contribution in [-0.4, -0.2) is 12.0 Å². The number of pyridine rings is 1. The van der Waals surface area contributed by atoms with Crippen LogP contribution >= 0.6 is 0 Å². The lowest BCUT2D eigenvalue weighted by molar-refractivity contribution is 0.148. The van der Waals surface area contributed by atoms with Crippen LogP contribution in [0.3, 0.4) is 0 Å². The van der Waals surface area contributed by atoms with E-state index < -0.39 is 6.43 Å². The molecule has 0 saturated heterocycles. The number of nitrogens with one attached hydrogen (secondary N) is 1. The van der Waals surface area contributed by atoms with Crippen molar-refractivity contribution < 1.29 is 13.5 Å². The third kappa shape index (κ3) is 3.23. The van der Waals surface area contributed by atoms with Crippen LogP contribution in [0.2, 0.25) is 0 Å². The van der Waals surface area contributed by atoms with Crippen LogP contribution in [-0.2, 0) is 6.61 Å². The van der Waals surface area contributed by atoms with Crippen molar-refractivity contribution in [2.75, 3.05) is 12.4 Å². The zero-order valence-electron chi connectivity index (χ0n) is 11.4. The summed E-state index contributed by atoms with van der Waals surface area (Å²) in [7, 11) is 1.69. The van der Waals surface area contributed by atoms with Gasteiger partial charge in [-0.05, 0) is 24.6 Å². The van der Waals surface area contributed by atoms with Gasteiger partial charge in [-0.2, -0.15) is 0 Å². The van der Waals surface area contributed by atoms with Crippen molar-refractivity contribution in [3.05, 3.63) is 53.2 Å². The Morgan fingerprint density at radius 3 is 2.75 bits per heavy atom. The highest BCUT2D eigenvalue weighted by atomic mass is 19.3. The first-order valence-corrected chi connectivity index (χ1v) is 6.25. The maximum atomic E-state index is 13.0. The molecule has 0 aliphatic carbocycles. The van der Waals surface area contributed by atoms with Crippen LogP contribution in [0, 0.1) is 6.92 Å². The van der Waals surface area contributed by atoms with E-state index in [1.165, 1.54) is 6.07 Å². The minimum Gasteiger partial charge on any atom is -0.473 e. The van der Waals surface area contributed by atoms with Crippen molar-refractivity contribution in [2.45, 2.75) is 20.0 Å². The largest absolute Gasteiger partial charge is 0.473 e. The number of hydrogen-bond acceptors (Lipinski definition) is 3. The number of hydrogen-bond donors (Lipinski definition) is 1. The van der Waals surface area contributed by atoms with Crippen molar-refractivity contribution in [1.29, 1.82) is 0 Å². The second-order valence-electron chi connectivity index (χ2n) is 4.38. The number of halogens is 2. The number of aromatic nitrogens is 1. The Labute approximate surface area is 116 Å². The fraction of sp³-hybridized carbons (Fsp3) is 0.267. The molecule has 106 valence electrons. The first-order valence-electron chi connectivity index (χ1n) is 6.25. The summed E-state index contributed by atoms with van der Waals surface area (Å²) < 4.78 is 31.6. The van der Waals surface area contributed by atoms with Gasteiger partial charge in [0.2, 0.25) is 5.88 Å². The van der Waals surface area contributed by atoms with Gasteiger partial charge in [-0.1, -0.05) is 12.1 Å². The van der Waals surface area contributed by atoms with Crippen LogP contribution in [0.15, 0.2) is 36.5 Å². The van der Waals surface area contributed by atoms with Gasteiger partial charge in [-0.3, -0.25) is 0 Å². The van der Waals surface area contributed by atoms with Crippen LogP contribution in [0.4, 0.5) is 14.5 Å². The van der Waals surface area contributed by atoms with Gasteiger partial charge in [0.15, 0.2) is 0 Å². The Kier molecular flexibility index (Phi) is 4.50. The minimum atomic E-state index is -2.53. The van der Waals surface area contributed by atoms with E-state index in [4.69, 9.17) is 4.74 Å². The molecular formula is C15H16F2N2O. The van der Waals surface area contributed by atoms with Crippen molar-refractivity contribution in [2.24, 2.45) is 0 Å². The molecule has 5 heteroatoms. The fourth-order valence-electron chi connectivity index (χ4n) is 1.94. The number of anilines is 1. The van der Waals surface area contributed by atoms with E-state index in [2.05, 4.69) is 10.3 Å². The summed E-state index contributed by atoms with van der Waals surface area (Å²) in [5.74, 6) is 0.427. The van der Waals surface area contributed by atoms with Gasteiger partial charge in [0, 0.05) is 36.1 Å². The van der Waals surface area contributed by atoms with E-state index in [9.17, 15) is 8.78 Å². The Hall–Kier alpha value is -2.17. The lowest BCUT2D eigenvalue weighted by atomic mass is 10.1. The lowest BCUT2D eigenvalue weighted by Crippen LogP contribution is -2.06. The minimum absolute atomic E-state index is 0.0236. The van der Waals surface area contributed by atoms with Gasteiger partial charge < -0.3 is 10.1 Å². The molecule has 0 radical (unpaired) electrons. The molecule has 0 unspecified atom stereocenters. The van der Waals surface area contributed by atoms with E-state index in [0.29, 0.717) is 17.1 Å². The Morgan fingerprint density at radius 2 is 2.10 bits per heavy atom. The fourth-order valence-corrected chi connectivity index (χ4v) is 1.94. The van der Waals surface area contributed by atoms with Crippen LogP contribution < -0.4 is 10.1 Å². The van der Waals surface area contributed by atoms with Gasteiger partial charge in [-0.25, -0.2) is 13.8 Å². The number of rotatable bonds is 5. The van der Waals surface area contributed by atoms with E-state index in [1.807, 2.05) is 13.0 Å². The molecule has 0 fully saturated rings. The summed E-state index contributed by atoms with van der Waals surface area (Å²) in [4.78, 5) is 4.05. The third-order valence-corrected chi connectivity index (χ3v) is 2.97. The van der Waals surface area contributed by atoms with Gasteiger partial charge in [0.25, 0.3) is 6.43 Å². The summed E-state index contributed by atoms with van der Waals surface area (Å²) in [6.45, 7) is 1.97. The molecule has 0 aliphatic heterocycles. The standard InChI is InChI=1S/C15H16F2N2O/c1-10-6-7-19-14(8-10)20-9-12-11(15(16)17)4-3-5-13(12)18-2/h3-8,15,18H,9H2,1-2H3. The number of alkyl halides is 2. The summed E-state index contributed by atoms with van der Waals surface area (Å²) in [6, 6.07) is 8.37. The molecule has 3 nitrogen and oxygen atoms in total. The Balaban J connectivity index is 2.24. The smallest absolute Gasteiger partial charge is 0.264 e. The van der Waals surface area contributed by atoms with Gasteiger partial charge in [-0.15, -0.1) is 0 Å². The average Bonchev–Trinajstić information content (AvgIpc) is 2.44. The Bertz CT molecular complexity index is 588. The number of nitrogens with zero attached hydrogens (tertiary/aromatic N) is 1. The van der Waals surface area contributed by atoms with Crippen molar-refractivity contribution in [1.82, 2.24) is 4.98 Å². The van der Waals surface area contributed by atoms with Crippen molar-refractivity contribution >= 4 is 5.69 Å². The summed E-state index contributed by atoms with van der Waals surface area (Å²) in [5.41, 5.74) is 2.07. The quantitative estimate of drug-likeness (QED) is 0.899. The van der Waals surface area contributed by atoms with Gasteiger partial charge in [0.1, 0.15) is 6.61 Å². The molecule has 20 heavy (non-hydrogen) atoms. The molecule has 1 aromatic heterocycles. The van der Waals surface area contributed by atoms with Crippen LogP contribution in [0.1, 0.15) is 23.1 Å². The van der Waals surface area contributed by atoms with Crippen LogP contribution in [0.5, 0.6) is 5.88 Å².